The fourth-order valence-electron chi connectivity index (χ4n) is 1.11. The number of carboxylic acids is 1. The lowest BCUT2D eigenvalue weighted by molar-refractivity contribution is -0.137. The first-order valence-electron chi connectivity index (χ1n) is 5.22. The first-order chi connectivity index (χ1) is 8.63. The Morgan fingerprint density at radius 2 is 2.39 bits per heavy atom. The number of thioether (sulfide) groups is 1. The minimum atomic E-state index is -1.03. The van der Waals surface area contributed by atoms with Crippen molar-refractivity contribution in [1.29, 1.82) is 0 Å². The van der Waals surface area contributed by atoms with Crippen LogP contribution in [0.3, 0.4) is 0 Å². The minimum Gasteiger partial charge on any atom is -0.480 e. The Morgan fingerprint density at radius 3 is 3.06 bits per heavy atom. The number of nitrogens with zero attached hydrogens (tertiary/aromatic N) is 3. The van der Waals surface area contributed by atoms with Crippen molar-refractivity contribution in [3.8, 4) is 0 Å². The van der Waals surface area contributed by atoms with Crippen LogP contribution in [0, 0.1) is 0 Å². The van der Waals surface area contributed by atoms with Crippen LogP contribution in [0.15, 0.2) is 18.9 Å². The largest absolute Gasteiger partial charge is 0.480 e. The second kappa shape index (κ2) is 7.49. The number of carbonyl (C=O) groups is 2. The van der Waals surface area contributed by atoms with E-state index in [1.165, 1.54) is 6.20 Å². The van der Waals surface area contributed by atoms with Crippen molar-refractivity contribution in [2.45, 2.75) is 6.54 Å². The van der Waals surface area contributed by atoms with Gasteiger partial charge in [-0.25, -0.2) is 4.68 Å². The van der Waals surface area contributed by atoms with Crippen molar-refractivity contribution >= 4 is 23.6 Å². The molecule has 0 aliphatic heterocycles. The third-order valence-corrected chi connectivity index (χ3v) is 2.80. The van der Waals surface area contributed by atoms with Crippen LogP contribution in [0.25, 0.3) is 0 Å². The van der Waals surface area contributed by atoms with E-state index in [4.69, 9.17) is 5.11 Å². The summed E-state index contributed by atoms with van der Waals surface area (Å²) in [5, 5.41) is 18.3. The third-order valence-electron chi connectivity index (χ3n) is 1.84. The molecule has 0 spiro atoms. The van der Waals surface area contributed by atoms with Gasteiger partial charge in [-0.2, -0.15) is 11.8 Å². The van der Waals surface area contributed by atoms with Crippen LogP contribution in [0.2, 0.25) is 0 Å². The maximum atomic E-state index is 11.6. The molecule has 0 unspecified atom stereocenters. The molecule has 0 fully saturated rings. The number of amides is 1. The smallest absolute Gasteiger partial charge is 0.325 e. The van der Waals surface area contributed by atoms with Crippen molar-refractivity contribution in [2.24, 2.45) is 0 Å². The molecule has 0 bridgehead atoms. The number of carbonyl (C=O) groups excluding carboxylic acids is 1. The average molecular weight is 270 g/mol. The van der Waals surface area contributed by atoms with E-state index in [0.29, 0.717) is 6.54 Å². The van der Waals surface area contributed by atoms with E-state index in [-0.39, 0.29) is 18.1 Å². The number of aliphatic carboxylic acids is 1. The number of rotatable bonds is 8. The number of aromatic nitrogens is 3. The predicted molar refractivity (Wildman–Crippen MR) is 67.5 cm³/mol. The Labute approximate surface area is 108 Å². The molecule has 7 nitrogen and oxygen atoms in total. The average Bonchev–Trinajstić information content (AvgIpc) is 2.76. The van der Waals surface area contributed by atoms with Crippen LogP contribution in [0.1, 0.15) is 10.5 Å². The van der Waals surface area contributed by atoms with E-state index >= 15 is 0 Å². The highest BCUT2D eigenvalue weighted by Crippen LogP contribution is 1.98. The predicted octanol–water partition coefficient (Wildman–Crippen LogP) is 0.0117. The lowest BCUT2D eigenvalue weighted by Crippen LogP contribution is -2.26. The molecule has 2 N–H and O–H groups in total. The van der Waals surface area contributed by atoms with E-state index in [0.717, 1.165) is 16.2 Å². The van der Waals surface area contributed by atoms with Gasteiger partial charge in [-0.05, 0) is 0 Å². The maximum Gasteiger partial charge on any atom is 0.325 e. The summed E-state index contributed by atoms with van der Waals surface area (Å²) >= 11 is 1.65. The molecule has 1 rings (SSSR count). The van der Waals surface area contributed by atoms with Crippen LogP contribution < -0.4 is 5.32 Å². The fourth-order valence-corrected chi connectivity index (χ4v) is 1.69. The molecule has 0 saturated carbocycles. The molecule has 0 radical (unpaired) electrons. The van der Waals surface area contributed by atoms with Crippen molar-refractivity contribution in [2.75, 3.05) is 18.1 Å². The summed E-state index contributed by atoms with van der Waals surface area (Å²) in [5.74, 6) is 0.226. The second-order valence-corrected chi connectivity index (χ2v) is 4.46. The molecule has 18 heavy (non-hydrogen) atoms. The molecule has 0 aliphatic rings. The van der Waals surface area contributed by atoms with Crippen molar-refractivity contribution in [3.05, 3.63) is 24.5 Å². The summed E-state index contributed by atoms with van der Waals surface area (Å²) in [4.78, 5) is 22.0. The Hall–Kier alpha value is -1.83. The molecule has 1 aromatic rings. The van der Waals surface area contributed by atoms with Gasteiger partial charge in [0.2, 0.25) is 0 Å². The van der Waals surface area contributed by atoms with Gasteiger partial charge >= 0.3 is 5.97 Å². The summed E-state index contributed by atoms with van der Waals surface area (Å²) in [7, 11) is 0. The quantitative estimate of drug-likeness (QED) is 0.510. The van der Waals surface area contributed by atoms with Gasteiger partial charge in [0.1, 0.15) is 6.54 Å². The van der Waals surface area contributed by atoms with E-state index in [1.807, 2.05) is 0 Å². The van der Waals surface area contributed by atoms with Gasteiger partial charge in [-0.15, -0.1) is 11.7 Å². The van der Waals surface area contributed by atoms with Crippen molar-refractivity contribution < 1.29 is 14.7 Å². The van der Waals surface area contributed by atoms with Gasteiger partial charge in [0, 0.05) is 18.1 Å². The Balaban J connectivity index is 2.35. The van der Waals surface area contributed by atoms with Gasteiger partial charge in [0.05, 0.1) is 6.20 Å². The molecule has 8 heteroatoms. The molecule has 0 aromatic carbocycles. The normalized spacial score (nSPS) is 10.0. The van der Waals surface area contributed by atoms with Gasteiger partial charge < -0.3 is 10.4 Å². The van der Waals surface area contributed by atoms with Gasteiger partial charge in [-0.1, -0.05) is 11.3 Å². The lowest BCUT2D eigenvalue weighted by Gasteiger charge is -2.01. The summed E-state index contributed by atoms with van der Waals surface area (Å²) in [6.45, 7) is 3.80. The molecular formula is C10H14N4O3S. The van der Waals surface area contributed by atoms with Crippen LogP contribution in [-0.2, 0) is 11.3 Å². The molecule has 0 aliphatic carbocycles. The van der Waals surface area contributed by atoms with Gasteiger partial charge in [0.15, 0.2) is 5.69 Å². The zero-order valence-electron chi connectivity index (χ0n) is 9.70. The van der Waals surface area contributed by atoms with E-state index in [2.05, 4.69) is 22.2 Å². The summed E-state index contributed by atoms with van der Waals surface area (Å²) < 4.78 is 1.10. The van der Waals surface area contributed by atoms with Gasteiger partial charge in [-0.3, -0.25) is 9.59 Å². The van der Waals surface area contributed by atoms with Crippen LogP contribution in [-0.4, -0.2) is 50.0 Å². The zero-order valence-corrected chi connectivity index (χ0v) is 10.5. The standard InChI is InChI=1S/C10H14N4O3S/c1-2-4-18-5-3-11-10(17)8-6-14(13-12-8)7-9(15)16/h2,6H,1,3-5,7H2,(H,11,17)(H,15,16). The van der Waals surface area contributed by atoms with Crippen LogP contribution in [0.5, 0.6) is 0 Å². The SMILES string of the molecule is C=CCSCCNC(=O)c1cn(CC(=O)O)nn1. The van der Waals surface area contributed by atoms with Crippen LogP contribution in [0.4, 0.5) is 0 Å². The molecule has 0 atom stereocenters. The lowest BCUT2D eigenvalue weighted by atomic mass is 10.4. The van der Waals surface area contributed by atoms with E-state index < -0.39 is 5.97 Å². The molecule has 1 heterocycles. The first kappa shape index (κ1) is 14.2. The number of hydrogen-bond acceptors (Lipinski definition) is 5. The zero-order chi connectivity index (χ0) is 13.4. The fraction of sp³-hybridized carbons (Fsp3) is 0.400. The first-order valence-corrected chi connectivity index (χ1v) is 6.37. The summed E-state index contributed by atoms with van der Waals surface area (Å²) in [6, 6.07) is 0. The number of carboxylic acid groups (broad SMARTS) is 1. The Morgan fingerprint density at radius 1 is 1.61 bits per heavy atom. The minimum absolute atomic E-state index is 0.116. The Bertz CT molecular complexity index is 433. The molecule has 0 saturated heterocycles. The van der Waals surface area contributed by atoms with Gasteiger partial charge in [0.25, 0.3) is 5.91 Å². The second-order valence-electron chi connectivity index (χ2n) is 3.31. The molecule has 1 aromatic heterocycles. The molecule has 1 amide bonds. The monoisotopic (exact) mass is 270 g/mol. The van der Waals surface area contributed by atoms with E-state index in [1.54, 1.807) is 17.8 Å². The number of hydrogen-bond donors (Lipinski definition) is 2. The topological polar surface area (TPSA) is 97.1 Å². The van der Waals surface area contributed by atoms with Crippen molar-refractivity contribution in [1.82, 2.24) is 20.3 Å². The summed E-state index contributed by atoms with van der Waals surface area (Å²) in [6.07, 6.45) is 3.10. The Kier molecular flexibility index (Phi) is 5.92. The maximum absolute atomic E-state index is 11.6. The highest BCUT2D eigenvalue weighted by molar-refractivity contribution is 7.99. The third kappa shape index (κ3) is 5.00. The van der Waals surface area contributed by atoms with Crippen molar-refractivity contribution in [3.63, 3.8) is 0 Å². The van der Waals surface area contributed by atoms with Crippen LogP contribution >= 0.6 is 11.8 Å². The number of nitrogens with one attached hydrogen (secondary N) is 1. The molecular weight excluding hydrogens is 256 g/mol. The highest BCUT2D eigenvalue weighted by atomic mass is 32.2. The molecule has 98 valence electrons. The van der Waals surface area contributed by atoms with E-state index in [9.17, 15) is 9.59 Å². The summed E-state index contributed by atoms with van der Waals surface area (Å²) in [5.41, 5.74) is 0.116. The highest BCUT2D eigenvalue weighted by Gasteiger charge is 2.11.